The number of alkyl halides is 3. The molecule has 1 aromatic rings. The van der Waals surface area contributed by atoms with E-state index in [1.807, 2.05) is 0 Å². The summed E-state index contributed by atoms with van der Waals surface area (Å²) in [7, 11) is 0. The number of halogens is 3. The van der Waals surface area contributed by atoms with Crippen LogP contribution in [0.3, 0.4) is 0 Å². The van der Waals surface area contributed by atoms with Crippen molar-refractivity contribution in [1.82, 2.24) is 15.3 Å². The van der Waals surface area contributed by atoms with Gasteiger partial charge in [-0.25, -0.2) is 9.97 Å². The van der Waals surface area contributed by atoms with Crippen LogP contribution in [0.5, 0.6) is 0 Å². The zero-order valence-electron chi connectivity index (χ0n) is 11.0. The molecule has 7 heteroatoms. The van der Waals surface area contributed by atoms with Gasteiger partial charge in [-0.15, -0.1) is 0 Å². The van der Waals surface area contributed by atoms with Crippen molar-refractivity contribution in [1.29, 1.82) is 0 Å². The van der Waals surface area contributed by atoms with Crippen LogP contribution in [-0.2, 0) is 24.3 Å². The van der Waals surface area contributed by atoms with Crippen molar-refractivity contribution < 1.29 is 17.9 Å². The Morgan fingerprint density at radius 3 is 2.75 bits per heavy atom. The molecule has 1 fully saturated rings. The largest absolute Gasteiger partial charge is 0.411 e. The first-order valence-electron chi connectivity index (χ1n) is 6.77. The molecule has 20 heavy (non-hydrogen) atoms. The van der Waals surface area contributed by atoms with Crippen LogP contribution in [0, 0.1) is 0 Å². The minimum Gasteiger partial charge on any atom is -0.364 e. The lowest BCUT2D eigenvalue weighted by Crippen LogP contribution is -2.27. The Morgan fingerprint density at radius 1 is 1.25 bits per heavy atom. The Morgan fingerprint density at radius 2 is 2.05 bits per heavy atom. The van der Waals surface area contributed by atoms with Crippen LogP contribution in [0.25, 0.3) is 0 Å². The Hall–Kier alpha value is -1.21. The molecule has 0 spiro atoms. The molecule has 0 saturated heterocycles. The molecule has 2 heterocycles. The number of nitrogens with zero attached hydrogens (tertiary/aromatic N) is 2. The lowest BCUT2D eigenvalue weighted by atomic mass is 10.0. The van der Waals surface area contributed by atoms with Gasteiger partial charge in [-0.3, -0.25) is 0 Å². The van der Waals surface area contributed by atoms with Gasteiger partial charge in [0.05, 0.1) is 11.4 Å². The van der Waals surface area contributed by atoms with E-state index in [0.29, 0.717) is 11.7 Å². The van der Waals surface area contributed by atoms with Crippen LogP contribution in [-0.4, -0.2) is 29.3 Å². The molecule has 2 aliphatic rings. The maximum absolute atomic E-state index is 12.1. The lowest BCUT2D eigenvalue weighted by molar-refractivity contribution is -0.177. The van der Waals surface area contributed by atoms with Crippen molar-refractivity contribution in [2.45, 2.75) is 44.5 Å². The summed E-state index contributed by atoms with van der Waals surface area (Å²) in [6.07, 6.45) is -1.31. The summed E-state index contributed by atoms with van der Waals surface area (Å²) in [5, 5.41) is 3.29. The summed E-state index contributed by atoms with van der Waals surface area (Å²) >= 11 is 0. The fourth-order valence-corrected chi connectivity index (χ4v) is 2.44. The van der Waals surface area contributed by atoms with E-state index in [0.717, 1.165) is 49.3 Å². The molecule has 1 N–H and O–H groups in total. The van der Waals surface area contributed by atoms with Gasteiger partial charge in [0.2, 0.25) is 0 Å². The van der Waals surface area contributed by atoms with E-state index in [2.05, 4.69) is 20.0 Å². The van der Waals surface area contributed by atoms with Gasteiger partial charge in [-0.2, -0.15) is 13.2 Å². The third-order valence-corrected chi connectivity index (χ3v) is 3.47. The van der Waals surface area contributed by atoms with Gasteiger partial charge in [0.15, 0.2) is 5.82 Å². The fraction of sp³-hybridized carbons (Fsp3) is 0.692. The predicted molar refractivity (Wildman–Crippen MR) is 65.1 cm³/mol. The number of ether oxygens (including phenoxy) is 1. The van der Waals surface area contributed by atoms with Crippen LogP contribution < -0.4 is 5.32 Å². The maximum atomic E-state index is 12.1. The number of fused-ring (bicyclic) bond motifs is 1. The third kappa shape index (κ3) is 3.27. The molecule has 0 bridgehead atoms. The molecule has 0 aromatic carbocycles. The number of rotatable bonds is 4. The van der Waals surface area contributed by atoms with E-state index in [4.69, 9.17) is 0 Å². The van der Waals surface area contributed by atoms with Crippen molar-refractivity contribution in [2.75, 3.05) is 13.2 Å². The summed E-state index contributed by atoms with van der Waals surface area (Å²) in [6, 6.07) is 0. The Balaban J connectivity index is 1.76. The second-order valence-electron chi connectivity index (χ2n) is 5.26. The number of nitrogens with one attached hydrogen (secondary N) is 1. The van der Waals surface area contributed by atoms with Gasteiger partial charge in [0, 0.05) is 31.0 Å². The van der Waals surface area contributed by atoms with E-state index in [1.165, 1.54) is 0 Å². The highest BCUT2D eigenvalue weighted by Crippen LogP contribution is 2.41. The zero-order valence-corrected chi connectivity index (χ0v) is 11.0. The van der Waals surface area contributed by atoms with Crippen molar-refractivity contribution >= 4 is 0 Å². The minimum atomic E-state index is -4.31. The van der Waals surface area contributed by atoms with Gasteiger partial charge < -0.3 is 10.1 Å². The van der Waals surface area contributed by atoms with Crippen molar-refractivity contribution in [3.8, 4) is 0 Å². The van der Waals surface area contributed by atoms with E-state index in [1.54, 1.807) is 0 Å². The van der Waals surface area contributed by atoms with Gasteiger partial charge in [0.1, 0.15) is 13.2 Å². The average molecular weight is 287 g/mol. The van der Waals surface area contributed by atoms with Gasteiger partial charge in [-0.05, 0) is 12.8 Å². The minimum absolute atomic E-state index is 0.181. The summed E-state index contributed by atoms with van der Waals surface area (Å²) in [5.41, 5.74) is 3.11. The van der Waals surface area contributed by atoms with Crippen molar-refractivity contribution in [2.24, 2.45) is 0 Å². The molecular weight excluding hydrogens is 271 g/mol. The number of hydrogen-bond acceptors (Lipinski definition) is 4. The molecule has 0 amide bonds. The first-order chi connectivity index (χ1) is 9.53. The number of hydrogen-bond donors (Lipinski definition) is 1. The molecule has 1 aromatic heterocycles. The Kier molecular flexibility index (Phi) is 3.64. The molecule has 3 rings (SSSR count). The Labute approximate surface area is 114 Å². The predicted octanol–water partition coefficient (Wildman–Crippen LogP) is 2.08. The fourth-order valence-electron chi connectivity index (χ4n) is 2.44. The monoisotopic (exact) mass is 287 g/mol. The molecular formula is C13H16F3N3O. The highest BCUT2D eigenvalue weighted by atomic mass is 19.4. The smallest absolute Gasteiger partial charge is 0.364 e. The summed E-state index contributed by atoms with van der Waals surface area (Å²) < 4.78 is 40.9. The molecule has 1 saturated carbocycles. The highest BCUT2D eigenvalue weighted by Gasteiger charge is 2.31. The quantitative estimate of drug-likeness (QED) is 0.921. The molecule has 0 atom stereocenters. The first kappa shape index (κ1) is 13.8. The van der Waals surface area contributed by atoms with Crippen molar-refractivity contribution in [3.63, 3.8) is 0 Å². The SMILES string of the molecule is FC(F)(F)COCc1nc2c(c(C3CC3)n1)CNCC2. The zero-order chi connectivity index (χ0) is 14.2. The first-order valence-corrected chi connectivity index (χ1v) is 6.77. The summed E-state index contributed by atoms with van der Waals surface area (Å²) in [5.74, 6) is 0.824. The molecule has 110 valence electrons. The van der Waals surface area contributed by atoms with Gasteiger partial charge in [-0.1, -0.05) is 0 Å². The van der Waals surface area contributed by atoms with E-state index >= 15 is 0 Å². The second-order valence-corrected chi connectivity index (χ2v) is 5.26. The summed E-state index contributed by atoms with van der Waals surface area (Å²) in [6.45, 7) is 0.162. The average Bonchev–Trinajstić information content (AvgIpc) is 3.20. The Bertz CT molecular complexity index is 500. The van der Waals surface area contributed by atoms with Crippen LogP contribution >= 0.6 is 0 Å². The highest BCUT2D eigenvalue weighted by molar-refractivity contribution is 5.33. The van der Waals surface area contributed by atoms with Gasteiger partial charge >= 0.3 is 6.18 Å². The van der Waals surface area contributed by atoms with Crippen LogP contribution in [0.15, 0.2) is 0 Å². The summed E-state index contributed by atoms with van der Waals surface area (Å²) in [4.78, 5) is 8.78. The molecule has 1 aliphatic heterocycles. The molecule has 0 unspecified atom stereocenters. The van der Waals surface area contributed by atoms with E-state index in [-0.39, 0.29) is 6.61 Å². The standard InChI is InChI=1S/C13H16F3N3O/c14-13(15,16)7-20-6-11-18-10-3-4-17-5-9(10)12(19-11)8-1-2-8/h8,17H,1-7H2. The topological polar surface area (TPSA) is 47.0 Å². The molecule has 0 radical (unpaired) electrons. The molecule has 1 aliphatic carbocycles. The van der Waals surface area contributed by atoms with Crippen LogP contribution in [0.2, 0.25) is 0 Å². The van der Waals surface area contributed by atoms with E-state index < -0.39 is 12.8 Å². The molecule has 4 nitrogen and oxygen atoms in total. The second kappa shape index (κ2) is 5.29. The van der Waals surface area contributed by atoms with Crippen LogP contribution in [0.4, 0.5) is 13.2 Å². The third-order valence-electron chi connectivity index (χ3n) is 3.47. The maximum Gasteiger partial charge on any atom is 0.411 e. The lowest BCUT2D eigenvalue weighted by Gasteiger charge is -2.20. The number of aromatic nitrogens is 2. The van der Waals surface area contributed by atoms with Gasteiger partial charge in [0.25, 0.3) is 0 Å². The van der Waals surface area contributed by atoms with E-state index in [9.17, 15) is 13.2 Å². The van der Waals surface area contributed by atoms with Crippen molar-refractivity contribution in [3.05, 3.63) is 22.8 Å². The normalized spacial score (nSPS) is 18.9. The van der Waals surface area contributed by atoms with Crippen LogP contribution in [0.1, 0.15) is 41.5 Å².